The molecule has 2 aromatic carbocycles. The molecule has 1 saturated carbocycles. The van der Waals surface area contributed by atoms with Gasteiger partial charge in [-0.05, 0) is 36.1 Å². The molecule has 0 bridgehead atoms. The molecule has 3 N–H and O–H groups in total. The Morgan fingerprint density at radius 1 is 1.15 bits per heavy atom. The van der Waals surface area contributed by atoms with Gasteiger partial charge in [-0.3, -0.25) is 4.99 Å². The number of rotatable bonds is 7. The van der Waals surface area contributed by atoms with Gasteiger partial charge in [0.2, 0.25) is 0 Å². The zero-order valence-corrected chi connectivity index (χ0v) is 15.1. The molecule has 4 nitrogen and oxygen atoms in total. The van der Waals surface area contributed by atoms with Crippen molar-refractivity contribution in [3.8, 4) is 0 Å². The van der Waals surface area contributed by atoms with Gasteiger partial charge in [-0.1, -0.05) is 42.5 Å². The second-order valence-electron chi connectivity index (χ2n) is 6.89. The molecule has 2 aromatic rings. The van der Waals surface area contributed by atoms with E-state index in [2.05, 4.69) is 15.6 Å². The largest absolute Gasteiger partial charge is 0.396 e. The lowest BCUT2D eigenvalue weighted by atomic mass is 9.96. The first-order valence-electron chi connectivity index (χ1n) is 9.03. The van der Waals surface area contributed by atoms with Crippen LogP contribution in [0, 0.1) is 5.82 Å². The van der Waals surface area contributed by atoms with E-state index in [0.717, 1.165) is 24.0 Å². The van der Waals surface area contributed by atoms with E-state index >= 15 is 0 Å². The first-order chi connectivity index (χ1) is 12.7. The molecule has 0 aliphatic heterocycles. The summed E-state index contributed by atoms with van der Waals surface area (Å²) in [7, 11) is 1.73. The van der Waals surface area contributed by atoms with E-state index in [1.807, 2.05) is 36.4 Å². The Morgan fingerprint density at radius 2 is 1.92 bits per heavy atom. The van der Waals surface area contributed by atoms with Gasteiger partial charge in [0.05, 0.1) is 6.61 Å². The lowest BCUT2D eigenvalue weighted by Gasteiger charge is -2.21. The van der Waals surface area contributed by atoms with Crippen molar-refractivity contribution < 1.29 is 9.50 Å². The molecule has 5 heteroatoms. The van der Waals surface area contributed by atoms with Crippen LogP contribution in [0.5, 0.6) is 0 Å². The number of halogens is 1. The van der Waals surface area contributed by atoms with Crippen molar-refractivity contribution in [2.75, 3.05) is 26.7 Å². The molecule has 0 spiro atoms. The van der Waals surface area contributed by atoms with Gasteiger partial charge in [0, 0.05) is 31.5 Å². The van der Waals surface area contributed by atoms with Gasteiger partial charge in [0.1, 0.15) is 5.82 Å². The highest BCUT2D eigenvalue weighted by molar-refractivity contribution is 5.79. The quantitative estimate of drug-likeness (QED) is 0.529. The van der Waals surface area contributed by atoms with Crippen molar-refractivity contribution in [1.82, 2.24) is 10.6 Å². The topological polar surface area (TPSA) is 56.7 Å². The molecule has 1 aliphatic carbocycles. The maximum absolute atomic E-state index is 13.5. The van der Waals surface area contributed by atoms with Crippen LogP contribution in [0.2, 0.25) is 0 Å². The SMILES string of the molecule is CN=C(NCC(CO)c1ccccc1)NCC1(c2cccc(F)c2)CC1. The molecule has 1 fully saturated rings. The van der Waals surface area contributed by atoms with Crippen molar-refractivity contribution >= 4 is 5.96 Å². The maximum atomic E-state index is 13.5. The summed E-state index contributed by atoms with van der Waals surface area (Å²) in [5, 5.41) is 16.3. The highest BCUT2D eigenvalue weighted by Crippen LogP contribution is 2.47. The molecule has 1 atom stereocenters. The Kier molecular flexibility index (Phi) is 5.89. The molecular formula is C21H26FN3O. The van der Waals surface area contributed by atoms with E-state index < -0.39 is 0 Å². The van der Waals surface area contributed by atoms with Gasteiger partial charge < -0.3 is 15.7 Å². The van der Waals surface area contributed by atoms with Crippen LogP contribution in [-0.4, -0.2) is 37.8 Å². The smallest absolute Gasteiger partial charge is 0.191 e. The summed E-state index contributed by atoms with van der Waals surface area (Å²) in [4.78, 5) is 4.27. The minimum atomic E-state index is -0.190. The number of guanidine groups is 1. The molecule has 3 rings (SSSR count). The second-order valence-corrected chi connectivity index (χ2v) is 6.89. The molecule has 138 valence electrons. The standard InChI is InChI=1S/C21H26FN3O/c1-23-20(24-13-17(14-26)16-6-3-2-4-7-16)25-15-21(10-11-21)18-8-5-9-19(22)12-18/h2-9,12,17,26H,10-11,13-15H2,1H3,(H2,23,24,25). The average Bonchev–Trinajstić information content (AvgIpc) is 3.47. The van der Waals surface area contributed by atoms with E-state index in [4.69, 9.17) is 0 Å². The van der Waals surface area contributed by atoms with Crippen molar-refractivity contribution in [3.63, 3.8) is 0 Å². The number of aliphatic hydroxyl groups is 1. The minimum Gasteiger partial charge on any atom is -0.396 e. The Bertz CT molecular complexity index is 744. The summed E-state index contributed by atoms with van der Waals surface area (Å²) >= 11 is 0. The fraction of sp³-hybridized carbons (Fsp3) is 0.381. The molecule has 0 amide bonds. The third kappa shape index (κ3) is 4.41. The van der Waals surface area contributed by atoms with Gasteiger partial charge in [-0.15, -0.1) is 0 Å². The number of aliphatic hydroxyl groups excluding tert-OH is 1. The van der Waals surface area contributed by atoms with Gasteiger partial charge in [0.15, 0.2) is 5.96 Å². The molecular weight excluding hydrogens is 329 g/mol. The number of hydrogen-bond acceptors (Lipinski definition) is 2. The highest BCUT2D eigenvalue weighted by atomic mass is 19.1. The van der Waals surface area contributed by atoms with Crippen LogP contribution in [0.3, 0.4) is 0 Å². The fourth-order valence-corrected chi connectivity index (χ4v) is 3.24. The Labute approximate surface area is 154 Å². The Hall–Kier alpha value is -2.40. The van der Waals surface area contributed by atoms with E-state index in [1.54, 1.807) is 19.2 Å². The molecule has 0 radical (unpaired) electrons. The minimum absolute atomic E-state index is 0.00443. The van der Waals surface area contributed by atoms with Crippen molar-refractivity contribution in [1.29, 1.82) is 0 Å². The molecule has 0 aromatic heterocycles. The summed E-state index contributed by atoms with van der Waals surface area (Å²) in [6.45, 7) is 1.37. The van der Waals surface area contributed by atoms with E-state index in [-0.39, 0.29) is 23.8 Å². The van der Waals surface area contributed by atoms with E-state index in [1.165, 1.54) is 6.07 Å². The first kappa shape index (κ1) is 18.4. The molecule has 1 aliphatic rings. The lowest BCUT2D eigenvalue weighted by molar-refractivity contribution is 0.265. The van der Waals surface area contributed by atoms with Crippen LogP contribution in [0.1, 0.15) is 29.9 Å². The second kappa shape index (κ2) is 8.32. The summed E-state index contributed by atoms with van der Waals surface area (Å²) in [5.41, 5.74) is 2.13. The zero-order chi connectivity index (χ0) is 18.4. The molecule has 26 heavy (non-hydrogen) atoms. The van der Waals surface area contributed by atoms with Gasteiger partial charge >= 0.3 is 0 Å². The number of benzene rings is 2. The monoisotopic (exact) mass is 355 g/mol. The Morgan fingerprint density at radius 3 is 2.54 bits per heavy atom. The van der Waals surface area contributed by atoms with Crippen LogP contribution >= 0.6 is 0 Å². The van der Waals surface area contributed by atoms with Crippen molar-refractivity contribution in [2.45, 2.75) is 24.2 Å². The molecule has 1 unspecified atom stereocenters. The number of hydrogen-bond donors (Lipinski definition) is 3. The van der Waals surface area contributed by atoms with Gasteiger partial charge in [-0.25, -0.2) is 4.39 Å². The van der Waals surface area contributed by atoms with E-state index in [9.17, 15) is 9.50 Å². The molecule has 0 heterocycles. The van der Waals surface area contributed by atoms with Crippen LogP contribution in [0.25, 0.3) is 0 Å². The van der Waals surface area contributed by atoms with Crippen LogP contribution in [0.4, 0.5) is 4.39 Å². The summed E-state index contributed by atoms with van der Waals surface area (Å²) in [5.74, 6) is 0.514. The lowest BCUT2D eigenvalue weighted by Crippen LogP contribution is -2.43. The van der Waals surface area contributed by atoms with E-state index in [0.29, 0.717) is 19.0 Å². The fourth-order valence-electron chi connectivity index (χ4n) is 3.24. The first-order valence-corrected chi connectivity index (χ1v) is 9.03. The van der Waals surface area contributed by atoms with Gasteiger partial charge in [-0.2, -0.15) is 0 Å². The Balaban J connectivity index is 1.55. The predicted octanol–water partition coefficient (Wildman–Crippen LogP) is 2.80. The van der Waals surface area contributed by atoms with Gasteiger partial charge in [0.25, 0.3) is 0 Å². The summed E-state index contributed by atoms with van der Waals surface area (Å²) in [6, 6.07) is 16.8. The van der Waals surface area contributed by atoms with Crippen molar-refractivity contribution in [2.24, 2.45) is 4.99 Å². The average molecular weight is 355 g/mol. The highest BCUT2D eigenvalue weighted by Gasteiger charge is 2.44. The van der Waals surface area contributed by atoms with Crippen LogP contribution in [-0.2, 0) is 5.41 Å². The summed E-state index contributed by atoms with van der Waals surface area (Å²) < 4.78 is 13.5. The maximum Gasteiger partial charge on any atom is 0.191 e. The summed E-state index contributed by atoms with van der Waals surface area (Å²) in [6.07, 6.45) is 2.09. The number of nitrogens with zero attached hydrogens (tertiary/aromatic N) is 1. The van der Waals surface area contributed by atoms with Crippen molar-refractivity contribution in [3.05, 3.63) is 71.5 Å². The van der Waals surface area contributed by atoms with Crippen LogP contribution < -0.4 is 10.6 Å². The van der Waals surface area contributed by atoms with Crippen LogP contribution in [0.15, 0.2) is 59.6 Å². The normalized spacial score (nSPS) is 16.8. The molecule has 0 saturated heterocycles. The zero-order valence-electron chi connectivity index (χ0n) is 15.1. The third-order valence-corrected chi connectivity index (χ3v) is 5.12. The number of nitrogens with one attached hydrogen (secondary N) is 2. The third-order valence-electron chi connectivity index (χ3n) is 5.12. The predicted molar refractivity (Wildman–Crippen MR) is 103 cm³/mol. The number of aliphatic imine (C=N–C) groups is 1.